The molecule has 2 fully saturated rings. The first-order valence-electron chi connectivity index (χ1n) is 10.5. The molecule has 2 aliphatic heterocycles. The van der Waals surface area contributed by atoms with Crippen LogP contribution >= 0.6 is 0 Å². The summed E-state index contributed by atoms with van der Waals surface area (Å²) < 4.78 is 11.0. The predicted molar refractivity (Wildman–Crippen MR) is 107 cm³/mol. The average molecular weight is 400 g/mol. The molecule has 4 heterocycles. The molecule has 0 aromatic carbocycles. The van der Waals surface area contributed by atoms with E-state index in [9.17, 15) is 9.59 Å². The van der Waals surface area contributed by atoms with Crippen molar-refractivity contribution >= 4 is 29.1 Å². The maximum atomic E-state index is 13.0. The summed E-state index contributed by atoms with van der Waals surface area (Å²) in [5.41, 5.74) is 2.21. The van der Waals surface area contributed by atoms with Crippen molar-refractivity contribution in [2.45, 2.75) is 39.5 Å². The highest BCUT2D eigenvalue weighted by molar-refractivity contribution is 5.81. The van der Waals surface area contributed by atoms with Gasteiger partial charge in [-0.05, 0) is 51.7 Å². The Morgan fingerprint density at radius 3 is 2.69 bits per heavy atom. The fraction of sp³-hybridized carbons (Fsp3) is 0.619. The lowest BCUT2D eigenvalue weighted by atomic mass is 9.92. The van der Waals surface area contributed by atoms with Crippen LogP contribution in [0.2, 0.25) is 0 Å². The van der Waals surface area contributed by atoms with Gasteiger partial charge in [-0.2, -0.15) is 4.98 Å². The van der Waals surface area contributed by atoms with Gasteiger partial charge in [0.15, 0.2) is 5.58 Å². The molecule has 2 aliphatic rings. The van der Waals surface area contributed by atoms with Gasteiger partial charge in [-0.15, -0.1) is 0 Å². The highest BCUT2D eigenvalue weighted by Gasteiger charge is 2.34. The molecule has 2 saturated heterocycles. The average Bonchev–Trinajstić information content (AvgIpc) is 3.17. The molecule has 0 spiro atoms. The van der Waals surface area contributed by atoms with Gasteiger partial charge in [0.2, 0.25) is 11.6 Å². The first-order chi connectivity index (χ1) is 14.0. The summed E-state index contributed by atoms with van der Waals surface area (Å²) in [5, 5.41) is 0. The number of anilines is 1. The van der Waals surface area contributed by atoms with Crippen molar-refractivity contribution in [3.8, 4) is 0 Å². The van der Waals surface area contributed by atoms with E-state index in [1.807, 2.05) is 30.9 Å². The lowest BCUT2D eigenvalue weighted by Crippen LogP contribution is -2.47. The standard InChI is InChI=1S/C21H28N4O4/c1-3-28-20(27)16-5-4-10-25(13-16)19(26)15-8-11-24(12-9-15)21-23-18-17(29-21)7-6-14(2)22-18/h6-7,15-16H,3-5,8-13H2,1-2H3. The van der Waals surface area contributed by atoms with Gasteiger partial charge in [-0.3, -0.25) is 9.59 Å². The fourth-order valence-electron chi connectivity index (χ4n) is 4.24. The number of piperidine rings is 2. The maximum absolute atomic E-state index is 13.0. The van der Waals surface area contributed by atoms with E-state index in [1.165, 1.54) is 0 Å². The Morgan fingerprint density at radius 2 is 1.93 bits per heavy atom. The van der Waals surface area contributed by atoms with E-state index in [4.69, 9.17) is 9.15 Å². The highest BCUT2D eigenvalue weighted by Crippen LogP contribution is 2.28. The summed E-state index contributed by atoms with van der Waals surface area (Å²) in [7, 11) is 0. The summed E-state index contributed by atoms with van der Waals surface area (Å²) in [4.78, 5) is 37.9. The van der Waals surface area contributed by atoms with Crippen LogP contribution in [0.3, 0.4) is 0 Å². The smallest absolute Gasteiger partial charge is 0.310 e. The van der Waals surface area contributed by atoms with Crippen molar-refractivity contribution in [1.82, 2.24) is 14.9 Å². The number of esters is 1. The molecule has 0 bridgehead atoms. The zero-order valence-electron chi connectivity index (χ0n) is 17.1. The number of nitrogens with zero attached hydrogens (tertiary/aromatic N) is 4. The van der Waals surface area contributed by atoms with Crippen LogP contribution in [0.4, 0.5) is 6.01 Å². The number of amides is 1. The van der Waals surface area contributed by atoms with E-state index in [0.29, 0.717) is 30.4 Å². The Hall–Kier alpha value is -2.64. The topological polar surface area (TPSA) is 88.8 Å². The normalized spacial score (nSPS) is 20.8. The molecule has 29 heavy (non-hydrogen) atoms. The highest BCUT2D eigenvalue weighted by atomic mass is 16.5. The van der Waals surface area contributed by atoms with Crippen LogP contribution < -0.4 is 4.90 Å². The molecule has 156 valence electrons. The number of oxazole rings is 1. The van der Waals surface area contributed by atoms with Crippen LogP contribution in [0, 0.1) is 18.8 Å². The van der Waals surface area contributed by atoms with Gasteiger partial charge in [-0.25, -0.2) is 4.98 Å². The van der Waals surface area contributed by atoms with E-state index in [2.05, 4.69) is 14.9 Å². The molecule has 1 atom stereocenters. The molecule has 0 N–H and O–H groups in total. The quantitative estimate of drug-likeness (QED) is 0.729. The van der Waals surface area contributed by atoms with Crippen molar-refractivity contribution in [1.29, 1.82) is 0 Å². The second-order valence-corrected chi connectivity index (χ2v) is 7.91. The Labute approximate surface area is 170 Å². The zero-order chi connectivity index (χ0) is 20.4. The number of hydrogen-bond acceptors (Lipinski definition) is 7. The summed E-state index contributed by atoms with van der Waals surface area (Å²) in [5.74, 6) is -0.228. The molecule has 2 aromatic rings. The van der Waals surface area contributed by atoms with Crippen molar-refractivity contribution < 1.29 is 18.7 Å². The Balaban J connectivity index is 1.35. The van der Waals surface area contributed by atoms with Gasteiger partial charge in [0.1, 0.15) is 0 Å². The Morgan fingerprint density at radius 1 is 1.14 bits per heavy atom. The van der Waals surface area contributed by atoms with Crippen molar-refractivity contribution in [2.24, 2.45) is 11.8 Å². The summed E-state index contributed by atoms with van der Waals surface area (Å²) in [6.07, 6.45) is 3.16. The van der Waals surface area contributed by atoms with E-state index >= 15 is 0 Å². The summed E-state index contributed by atoms with van der Waals surface area (Å²) >= 11 is 0. The molecular formula is C21H28N4O4. The minimum absolute atomic E-state index is 0.0167. The first kappa shape index (κ1) is 19.7. The Bertz CT molecular complexity index is 888. The monoisotopic (exact) mass is 400 g/mol. The number of pyridine rings is 1. The molecule has 4 rings (SSSR count). The summed E-state index contributed by atoms with van der Waals surface area (Å²) in [6, 6.07) is 4.37. The molecule has 8 nitrogen and oxygen atoms in total. The zero-order valence-corrected chi connectivity index (χ0v) is 17.1. The minimum atomic E-state index is -0.191. The van der Waals surface area contributed by atoms with Gasteiger partial charge >= 0.3 is 5.97 Å². The van der Waals surface area contributed by atoms with Crippen LogP contribution in [0.1, 0.15) is 38.3 Å². The van der Waals surface area contributed by atoms with Crippen molar-refractivity contribution in [3.05, 3.63) is 17.8 Å². The van der Waals surface area contributed by atoms with Crippen LogP contribution in [0.5, 0.6) is 0 Å². The van der Waals surface area contributed by atoms with E-state index in [0.717, 1.165) is 51.0 Å². The van der Waals surface area contributed by atoms with E-state index < -0.39 is 0 Å². The second-order valence-electron chi connectivity index (χ2n) is 7.91. The number of aryl methyl sites for hydroxylation is 1. The van der Waals surface area contributed by atoms with E-state index in [-0.39, 0.29) is 23.7 Å². The van der Waals surface area contributed by atoms with Crippen LogP contribution in [0.15, 0.2) is 16.5 Å². The number of aromatic nitrogens is 2. The molecule has 0 radical (unpaired) electrons. The van der Waals surface area contributed by atoms with Gasteiger partial charge in [0.05, 0.1) is 12.5 Å². The SMILES string of the molecule is CCOC(=O)C1CCCN(C(=O)C2CCN(c3nc4nc(C)ccc4o3)CC2)C1. The van der Waals surface area contributed by atoms with E-state index in [1.54, 1.807) is 0 Å². The predicted octanol–water partition coefficient (Wildman–Crippen LogP) is 2.55. The number of hydrogen-bond donors (Lipinski definition) is 0. The molecule has 1 amide bonds. The number of carbonyl (C=O) groups is 2. The lowest BCUT2D eigenvalue weighted by Gasteiger charge is -2.36. The molecule has 0 saturated carbocycles. The van der Waals surface area contributed by atoms with Crippen LogP contribution in [-0.4, -0.2) is 59.5 Å². The lowest BCUT2D eigenvalue weighted by molar-refractivity contribution is -0.152. The van der Waals surface area contributed by atoms with Crippen LogP contribution in [0.25, 0.3) is 11.2 Å². The molecule has 2 aromatic heterocycles. The number of ether oxygens (including phenoxy) is 1. The van der Waals surface area contributed by atoms with Crippen molar-refractivity contribution in [2.75, 3.05) is 37.7 Å². The third-order valence-corrected chi connectivity index (χ3v) is 5.85. The van der Waals surface area contributed by atoms with Crippen molar-refractivity contribution in [3.63, 3.8) is 0 Å². The number of likely N-dealkylation sites (tertiary alicyclic amines) is 1. The molecule has 0 aliphatic carbocycles. The Kier molecular flexibility index (Phi) is 5.69. The second kappa shape index (κ2) is 8.39. The molecule has 8 heteroatoms. The molecule has 1 unspecified atom stereocenters. The van der Waals surface area contributed by atoms with Gasteiger partial charge in [-0.1, -0.05) is 0 Å². The van der Waals surface area contributed by atoms with Gasteiger partial charge in [0, 0.05) is 37.8 Å². The fourth-order valence-corrected chi connectivity index (χ4v) is 4.24. The van der Waals surface area contributed by atoms with Crippen LogP contribution in [-0.2, 0) is 14.3 Å². The molecular weight excluding hydrogens is 372 g/mol. The maximum Gasteiger partial charge on any atom is 0.310 e. The minimum Gasteiger partial charge on any atom is -0.466 e. The van der Waals surface area contributed by atoms with Gasteiger partial charge in [0.25, 0.3) is 6.01 Å². The summed E-state index contributed by atoms with van der Waals surface area (Å²) in [6.45, 7) is 6.77. The first-order valence-corrected chi connectivity index (χ1v) is 10.5. The van der Waals surface area contributed by atoms with Gasteiger partial charge < -0.3 is 19.0 Å². The largest absolute Gasteiger partial charge is 0.466 e. The number of fused-ring (bicyclic) bond motifs is 1. The third-order valence-electron chi connectivity index (χ3n) is 5.85. The number of rotatable bonds is 4. The third kappa shape index (κ3) is 4.21. The number of carbonyl (C=O) groups excluding carboxylic acids is 2.